The molecule has 2 aromatic rings. The quantitative estimate of drug-likeness (QED) is 0.918. The maximum absolute atomic E-state index is 11.3. The van der Waals surface area contributed by atoms with E-state index < -0.39 is 5.97 Å². The summed E-state index contributed by atoms with van der Waals surface area (Å²) in [4.78, 5) is 13.6. The summed E-state index contributed by atoms with van der Waals surface area (Å²) in [5.41, 5.74) is 4.53. The average Bonchev–Trinajstić information content (AvgIpc) is 2.91. The van der Waals surface area contributed by atoms with Gasteiger partial charge in [-0.25, -0.2) is 4.79 Å². The first-order chi connectivity index (χ1) is 12.7. The lowest BCUT2D eigenvalue weighted by molar-refractivity contribution is -0.132. The summed E-state index contributed by atoms with van der Waals surface area (Å²) in [5.74, 6) is -0.156. The van der Waals surface area contributed by atoms with Crippen LogP contribution in [-0.2, 0) is 9.53 Å². The van der Waals surface area contributed by atoms with E-state index in [0.717, 1.165) is 48.7 Å². The summed E-state index contributed by atoms with van der Waals surface area (Å²) >= 11 is 0. The predicted molar refractivity (Wildman–Crippen MR) is 101 cm³/mol. The molecule has 2 aliphatic rings. The van der Waals surface area contributed by atoms with Gasteiger partial charge in [0.1, 0.15) is 5.75 Å². The molecule has 0 radical (unpaired) electrons. The zero-order chi connectivity index (χ0) is 17.9. The van der Waals surface area contributed by atoms with Gasteiger partial charge in [-0.15, -0.1) is 0 Å². The van der Waals surface area contributed by atoms with Crippen LogP contribution in [0.5, 0.6) is 5.75 Å². The van der Waals surface area contributed by atoms with Crippen molar-refractivity contribution in [2.24, 2.45) is 0 Å². The van der Waals surface area contributed by atoms with Gasteiger partial charge in [-0.05, 0) is 41.5 Å². The van der Waals surface area contributed by atoms with Crippen molar-refractivity contribution in [2.75, 3.05) is 37.8 Å². The molecule has 5 nitrogen and oxygen atoms in total. The van der Waals surface area contributed by atoms with Gasteiger partial charge < -0.3 is 19.5 Å². The second kappa shape index (κ2) is 7.22. The molecule has 4 rings (SSSR count). The molecule has 2 aromatic carbocycles. The van der Waals surface area contributed by atoms with Gasteiger partial charge in [0.2, 0.25) is 0 Å². The first-order valence-corrected chi connectivity index (χ1v) is 8.84. The Morgan fingerprint density at radius 3 is 2.42 bits per heavy atom. The van der Waals surface area contributed by atoms with E-state index in [1.54, 1.807) is 6.08 Å². The normalized spacial score (nSPS) is 16.9. The van der Waals surface area contributed by atoms with E-state index in [-0.39, 0.29) is 0 Å². The third kappa shape index (κ3) is 3.44. The van der Waals surface area contributed by atoms with Crippen LogP contribution in [0.25, 0.3) is 17.2 Å². The van der Waals surface area contributed by atoms with Gasteiger partial charge in [-0.3, -0.25) is 0 Å². The predicted octanol–water partition coefficient (Wildman–Crippen LogP) is 3.44. The molecule has 5 heteroatoms. The molecule has 1 N–H and O–H groups in total. The minimum atomic E-state index is -0.887. The Balaban J connectivity index is 1.62. The Morgan fingerprint density at radius 1 is 0.962 bits per heavy atom. The number of aliphatic carboxylic acids is 1. The Bertz CT molecular complexity index is 836. The molecule has 0 atom stereocenters. The summed E-state index contributed by atoms with van der Waals surface area (Å²) in [7, 11) is 0. The monoisotopic (exact) mass is 351 g/mol. The van der Waals surface area contributed by atoms with E-state index in [1.165, 1.54) is 5.69 Å². The van der Waals surface area contributed by atoms with Crippen molar-refractivity contribution in [3.63, 3.8) is 0 Å². The molecule has 2 heterocycles. The lowest BCUT2D eigenvalue weighted by atomic mass is 10.0. The molecule has 26 heavy (non-hydrogen) atoms. The molecule has 0 unspecified atom stereocenters. The molecule has 1 fully saturated rings. The lowest BCUT2D eigenvalue weighted by Gasteiger charge is -2.28. The van der Waals surface area contributed by atoms with Crippen LogP contribution < -0.4 is 9.64 Å². The van der Waals surface area contributed by atoms with Crippen molar-refractivity contribution in [3.05, 3.63) is 53.6 Å². The van der Waals surface area contributed by atoms with Crippen molar-refractivity contribution in [2.45, 2.75) is 6.42 Å². The second-order valence-corrected chi connectivity index (χ2v) is 6.47. The summed E-state index contributed by atoms with van der Waals surface area (Å²) in [6, 6.07) is 14.4. The standard InChI is InChI=1S/C21H21NO4/c23-21(24)17-7-10-26-20-6-3-16(13-18(20)14-17)15-1-4-19(5-2-15)22-8-11-25-12-9-22/h1-6,13-14H,7-12H2,(H,23,24). The molecule has 0 bridgehead atoms. The third-order valence-electron chi connectivity index (χ3n) is 4.82. The fraction of sp³-hybridized carbons (Fsp3) is 0.286. The van der Waals surface area contributed by atoms with Gasteiger partial charge in [-0.1, -0.05) is 18.2 Å². The largest absolute Gasteiger partial charge is 0.493 e. The number of anilines is 1. The Morgan fingerprint density at radius 2 is 1.69 bits per heavy atom. The molecule has 0 aliphatic carbocycles. The van der Waals surface area contributed by atoms with E-state index in [2.05, 4.69) is 29.2 Å². The van der Waals surface area contributed by atoms with Crippen LogP contribution in [-0.4, -0.2) is 44.0 Å². The van der Waals surface area contributed by atoms with Gasteiger partial charge in [0, 0.05) is 36.3 Å². The number of hydrogen-bond donors (Lipinski definition) is 1. The highest BCUT2D eigenvalue weighted by molar-refractivity contribution is 5.93. The number of carbonyl (C=O) groups is 1. The second-order valence-electron chi connectivity index (χ2n) is 6.47. The molecule has 2 aliphatic heterocycles. The first kappa shape index (κ1) is 16.7. The number of ether oxygens (including phenoxy) is 2. The zero-order valence-corrected chi connectivity index (χ0v) is 14.5. The minimum absolute atomic E-state index is 0.378. The zero-order valence-electron chi connectivity index (χ0n) is 14.5. The lowest BCUT2D eigenvalue weighted by Crippen LogP contribution is -2.36. The topological polar surface area (TPSA) is 59.0 Å². The van der Waals surface area contributed by atoms with Gasteiger partial charge in [-0.2, -0.15) is 0 Å². The van der Waals surface area contributed by atoms with E-state index >= 15 is 0 Å². The third-order valence-corrected chi connectivity index (χ3v) is 4.82. The number of hydrogen-bond acceptors (Lipinski definition) is 4. The molecule has 1 saturated heterocycles. The summed E-state index contributed by atoms with van der Waals surface area (Å²) in [5, 5.41) is 9.29. The fourth-order valence-electron chi connectivity index (χ4n) is 3.36. The number of nitrogens with zero attached hydrogens (tertiary/aromatic N) is 1. The van der Waals surface area contributed by atoms with E-state index in [0.29, 0.717) is 18.6 Å². The maximum Gasteiger partial charge on any atom is 0.331 e. The Labute approximate surface area is 152 Å². The number of fused-ring (bicyclic) bond motifs is 1. The maximum atomic E-state index is 11.3. The Kier molecular flexibility index (Phi) is 4.63. The smallest absolute Gasteiger partial charge is 0.331 e. The number of benzene rings is 2. The van der Waals surface area contributed by atoms with Crippen molar-refractivity contribution in [1.29, 1.82) is 0 Å². The fourth-order valence-corrected chi connectivity index (χ4v) is 3.36. The van der Waals surface area contributed by atoms with Crippen LogP contribution in [0.4, 0.5) is 5.69 Å². The van der Waals surface area contributed by atoms with Crippen LogP contribution in [0.1, 0.15) is 12.0 Å². The van der Waals surface area contributed by atoms with Gasteiger partial charge >= 0.3 is 5.97 Å². The molecule has 134 valence electrons. The highest BCUT2D eigenvalue weighted by Gasteiger charge is 2.15. The molecule has 0 spiro atoms. The molecule has 0 amide bonds. The van der Waals surface area contributed by atoms with E-state index in [1.807, 2.05) is 18.2 Å². The van der Waals surface area contributed by atoms with Gasteiger partial charge in [0.15, 0.2) is 0 Å². The van der Waals surface area contributed by atoms with Gasteiger partial charge in [0.25, 0.3) is 0 Å². The number of rotatable bonds is 3. The minimum Gasteiger partial charge on any atom is -0.493 e. The molecular formula is C21H21NO4. The van der Waals surface area contributed by atoms with Crippen molar-refractivity contribution in [1.82, 2.24) is 0 Å². The van der Waals surface area contributed by atoms with Crippen LogP contribution in [0.15, 0.2) is 48.0 Å². The van der Waals surface area contributed by atoms with Crippen LogP contribution in [0.2, 0.25) is 0 Å². The average molecular weight is 351 g/mol. The van der Waals surface area contributed by atoms with Gasteiger partial charge in [0.05, 0.1) is 19.8 Å². The van der Waals surface area contributed by atoms with Crippen LogP contribution in [0.3, 0.4) is 0 Å². The number of carboxylic acid groups (broad SMARTS) is 1. The SMILES string of the molecule is O=C(O)C1=Cc2cc(-c3ccc(N4CCOCC4)cc3)ccc2OCC1. The summed E-state index contributed by atoms with van der Waals surface area (Å²) in [6.45, 7) is 3.75. The first-order valence-electron chi connectivity index (χ1n) is 8.84. The molecule has 0 saturated carbocycles. The number of morpholine rings is 1. The highest BCUT2D eigenvalue weighted by atomic mass is 16.5. The highest BCUT2D eigenvalue weighted by Crippen LogP contribution is 2.32. The molecule has 0 aromatic heterocycles. The van der Waals surface area contributed by atoms with Crippen molar-refractivity contribution >= 4 is 17.7 Å². The van der Waals surface area contributed by atoms with E-state index in [9.17, 15) is 9.90 Å². The van der Waals surface area contributed by atoms with Crippen LogP contribution >= 0.6 is 0 Å². The Hall–Kier alpha value is -2.79. The van der Waals surface area contributed by atoms with Crippen LogP contribution in [0, 0.1) is 0 Å². The summed E-state index contributed by atoms with van der Waals surface area (Å²) < 4.78 is 11.1. The van der Waals surface area contributed by atoms with Crippen molar-refractivity contribution in [3.8, 4) is 16.9 Å². The summed E-state index contributed by atoms with van der Waals surface area (Å²) in [6.07, 6.45) is 2.13. The number of carboxylic acids is 1. The van der Waals surface area contributed by atoms with E-state index in [4.69, 9.17) is 9.47 Å². The molecular weight excluding hydrogens is 330 g/mol. The van der Waals surface area contributed by atoms with Crippen molar-refractivity contribution < 1.29 is 19.4 Å².